The minimum Gasteiger partial charge on any atom is -0.468 e. The SMILES string of the molecule is CC1CN=C(C(=O)OCc2ccccc2)O1. The van der Waals surface area contributed by atoms with Crippen LogP contribution in [0.25, 0.3) is 0 Å². The van der Waals surface area contributed by atoms with Crippen LogP contribution >= 0.6 is 0 Å². The van der Waals surface area contributed by atoms with Gasteiger partial charge in [0.15, 0.2) is 0 Å². The summed E-state index contributed by atoms with van der Waals surface area (Å²) in [5, 5.41) is 0. The lowest BCUT2D eigenvalue weighted by Crippen LogP contribution is -2.19. The van der Waals surface area contributed by atoms with E-state index in [1.807, 2.05) is 37.3 Å². The minimum atomic E-state index is -0.492. The van der Waals surface area contributed by atoms with E-state index >= 15 is 0 Å². The smallest absolute Gasteiger partial charge is 0.394 e. The van der Waals surface area contributed by atoms with Gasteiger partial charge in [0.05, 0.1) is 6.54 Å². The molecular formula is C12H13NO3. The quantitative estimate of drug-likeness (QED) is 0.724. The largest absolute Gasteiger partial charge is 0.468 e. The van der Waals surface area contributed by atoms with Crippen LogP contribution in [0.2, 0.25) is 0 Å². The fourth-order valence-corrected chi connectivity index (χ4v) is 1.37. The third-order valence-electron chi connectivity index (χ3n) is 2.19. The molecule has 0 radical (unpaired) electrons. The van der Waals surface area contributed by atoms with Gasteiger partial charge in [-0.2, -0.15) is 0 Å². The average Bonchev–Trinajstić information content (AvgIpc) is 2.74. The number of hydrogen-bond acceptors (Lipinski definition) is 4. The zero-order chi connectivity index (χ0) is 11.4. The number of ether oxygens (including phenoxy) is 2. The highest BCUT2D eigenvalue weighted by Gasteiger charge is 2.23. The molecule has 1 heterocycles. The first kappa shape index (κ1) is 10.7. The maximum atomic E-state index is 11.5. The van der Waals surface area contributed by atoms with Gasteiger partial charge in [0.2, 0.25) is 0 Å². The number of aliphatic imine (C=N–C) groups is 1. The van der Waals surface area contributed by atoms with E-state index in [1.165, 1.54) is 0 Å². The molecule has 0 N–H and O–H groups in total. The van der Waals surface area contributed by atoms with Gasteiger partial charge in [0.1, 0.15) is 12.7 Å². The van der Waals surface area contributed by atoms with Crippen molar-refractivity contribution < 1.29 is 14.3 Å². The van der Waals surface area contributed by atoms with Crippen LogP contribution in [0, 0.1) is 0 Å². The summed E-state index contributed by atoms with van der Waals surface area (Å²) in [7, 11) is 0. The first-order valence-corrected chi connectivity index (χ1v) is 5.18. The summed E-state index contributed by atoms with van der Waals surface area (Å²) in [5.41, 5.74) is 0.947. The molecule has 4 nitrogen and oxygen atoms in total. The molecule has 0 bridgehead atoms. The second kappa shape index (κ2) is 4.79. The normalized spacial score (nSPS) is 18.8. The fraction of sp³-hybridized carbons (Fsp3) is 0.333. The van der Waals surface area contributed by atoms with Gasteiger partial charge in [-0.05, 0) is 12.5 Å². The summed E-state index contributed by atoms with van der Waals surface area (Å²) >= 11 is 0. The van der Waals surface area contributed by atoms with Gasteiger partial charge in [-0.25, -0.2) is 9.79 Å². The molecule has 1 aliphatic heterocycles. The highest BCUT2D eigenvalue weighted by atomic mass is 16.6. The molecule has 0 fully saturated rings. The van der Waals surface area contributed by atoms with Gasteiger partial charge < -0.3 is 9.47 Å². The van der Waals surface area contributed by atoms with Crippen molar-refractivity contribution in [2.24, 2.45) is 4.99 Å². The Labute approximate surface area is 93.9 Å². The molecule has 4 heteroatoms. The Morgan fingerprint density at radius 3 is 2.88 bits per heavy atom. The highest BCUT2D eigenvalue weighted by molar-refractivity contribution is 6.33. The van der Waals surface area contributed by atoms with E-state index in [0.29, 0.717) is 6.54 Å². The Hall–Kier alpha value is -1.84. The lowest BCUT2D eigenvalue weighted by atomic mass is 10.2. The standard InChI is InChI=1S/C12H13NO3/c1-9-7-13-11(16-9)12(14)15-8-10-5-3-2-4-6-10/h2-6,9H,7-8H2,1H3. The van der Waals surface area contributed by atoms with Gasteiger partial charge in [0.25, 0.3) is 5.90 Å². The Balaban J connectivity index is 1.85. The lowest BCUT2D eigenvalue weighted by Gasteiger charge is -2.06. The first-order chi connectivity index (χ1) is 7.75. The Morgan fingerprint density at radius 2 is 2.25 bits per heavy atom. The zero-order valence-corrected chi connectivity index (χ0v) is 9.05. The third-order valence-corrected chi connectivity index (χ3v) is 2.19. The van der Waals surface area contributed by atoms with E-state index in [4.69, 9.17) is 9.47 Å². The lowest BCUT2D eigenvalue weighted by molar-refractivity contribution is -0.138. The molecule has 0 spiro atoms. The highest BCUT2D eigenvalue weighted by Crippen LogP contribution is 2.06. The fourth-order valence-electron chi connectivity index (χ4n) is 1.37. The van der Waals surface area contributed by atoms with Crippen LogP contribution in [0.15, 0.2) is 35.3 Å². The summed E-state index contributed by atoms with van der Waals surface area (Å²) < 4.78 is 10.3. The van der Waals surface area contributed by atoms with E-state index in [2.05, 4.69) is 4.99 Å². The molecule has 0 aliphatic carbocycles. The average molecular weight is 219 g/mol. The van der Waals surface area contributed by atoms with Crippen molar-refractivity contribution in [3.63, 3.8) is 0 Å². The second-order valence-corrected chi connectivity index (χ2v) is 3.64. The second-order valence-electron chi connectivity index (χ2n) is 3.64. The summed E-state index contributed by atoms with van der Waals surface area (Å²) in [6.07, 6.45) is -0.0284. The van der Waals surface area contributed by atoms with Gasteiger partial charge in [-0.15, -0.1) is 0 Å². The van der Waals surface area contributed by atoms with E-state index in [9.17, 15) is 4.79 Å². The van der Waals surface area contributed by atoms with Gasteiger partial charge >= 0.3 is 5.97 Å². The van der Waals surface area contributed by atoms with Crippen molar-refractivity contribution in [2.45, 2.75) is 19.6 Å². The Bertz CT molecular complexity index is 400. The summed E-state index contributed by atoms with van der Waals surface area (Å²) in [6, 6.07) is 9.50. The van der Waals surface area contributed by atoms with Crippen molar-refractivity contribution in [2.75, 3.05) is 6.54 Å². The molecule has 2 rings (SSSR count). The van der Waals surface area contributed by atoms with Crippen molar-refractivity contribution in [1.82, 2.24) is 0 Å². The summed E-state index contributed by atoms with van der Waals surface area (Å²) in [5.74, 6) is -0.406. The molecule has 0 amide bonds. The third kappa shape index (κ3) is 2.59. The van der Waals surface area contributed by atoms with Crippen LogP contribution < -0.4 is 0 Å². The number of benzene rings is 1. The van der Waals surface area contributed by atoms with Crippen LogP contribution in [0.1, 0.15) is 12.5 Å². The van der Waals surface area contributed by atoms with Crippen LogP contribution in [0.4, 0.5) is 0 Å². The number of esters is 1. The number of carbonyl (C=O) groups is 1. The molecular weight excluding hydrogens is 206 g/mol. The van der Waals surface area contributed by atoms with Crippen molar-refractivity contribution in [3.05, 3.63) is 35.9 Å². The number of hydrogen-bond donors (Lipinski definition) is 0. The van der Waals surface area contributed by atoms with E-state index < -0.39 is 5.97 Å². The molecule has 1 aromatic carbocycles. The van der Waals surface area contributed by atoms with E-state index in [-0.39, 0.29) is 18.6 Å². The van der Waals surface area contributed by atoms with E-state index in [1.54, 1.807) is 0 Å². The number of rotatable bonds is 3. The Kier molecular flexibility index (Phi) is 3.19. The van der Waals surface area contributed by atoms with Crippen molar-refractivity contribution >= 4 is 11.9 Å². The van der Waals surface area contributed by atoms with Crippen LogP contribution in [-0.4, -0.2) is 24.5 Å². The van der Waals surface area contributed by atoms with Crippen LogP contribution in [-0.2, 0) is 20.9 Å². The zero-order valence-electron chi connectivity index (χ0n) is 9.05. The van der Waals surface area contributed by atoms with Crippen molar-refractivity contribution in [3.8, 4) is 0 Å². The Morgan fingerprint density at radius 1 is 1.50 bits per heavy atom. The monoisotopic (exact) mass is 219 g/mol. The first-order valence-electron chi connectivity index (χ1n) is 5.18. The number of carbonyl (C=O) groups excluding carboxylic acids is 1. The summed E-state index contributed by atoms with van der Waals surface area (Å²) in [4.78, 5) is 15.4. The summed E-state index contributed by atoms with van der Waals surface area (Å²) in [6.45, 7) is 2.63. The van der Waals surface area contributed by atoms with Gasteiger partial charge in [-0.1, -0.05) is 30.3 Å². The molecule has 1 aromatic rings. The molecule has 1 atom stereocenters. The van der Waals surface area contributed by atoms with Gasteiger partial charge in [0, 0.05) is 0 Å². The number of nitrogens with zero attached hydrogens (tertiary/aromatic N) is 1. The topological polar surface area (TPSA) is 47.9 Å². The van der Waals surface area contributed by atoms with Gasteiger partial charge in [-0.3, -0.25) is 0 Å². The maximum Gasteiger partial charge on any atom is 0.394 e. The van der Waals surface area contributed by atoms with Crippen LogP contribution in [0.5, 0.6) is 0 Å². The van der Waals surface area contributed by atoms with Crippen LogP contribution in [0.3, 0.4) is 0 Å². The predicted octanol–water partition coefficient (Wildman–Crippen LogP) is 1.55. The molecule has 1 unspecified atom stereocenters. The van der Waals surface area contributed by atoms with E-state index in [0.717, 1.165) is 5.56 Å². The molecule has 1 aliphatic rings. The molecule has 16 heavy (non-hydrogen) atoms. The predicted molar refractivity (Wildman–Crippen MR) is 59.1 cm³/mol. The molecule has 0 saturated heterocycles. The minimum absolute atomic E-state index is 0.0284. The maximum absolute atomic E-state index is 11.5. The molecule has 84 valence electrons. The molecule has 0 saturated carbocycles. The van der Waals surface area contributed by atoms with Crippen molar-refractivity contribution in [1.29, 1.82) is 0 Å². The molecule has 0 aromatic heterocycles.